The number of benzene rings is 2. The molecule has 5 aromatic rings. The molecule has 0 bridgehead atoms. The zero-order chi connectivity index (χ0) is 22.5. The predicted octanol–water partition coefficient (Wildman–Crippen LogP) is 4.25. The summed E-state index contributed by atoms with van der Waals surface area (Å²) >= 11 is 0. The first kappa shape index (κ1) is 19.4. The number of hydrazine groups is 1. The fraction of sp³-hybridized carbons (Fsp3) is 0.125. The minimum Gasteiger partial charge on any atom is -0.383 e. The maximum Gasteiger partial charge on any atom is 0.146 e. The number of H-pyrrole nitrogens is 1. The van der Waals surface area contributed by atoms with Crippen molar-refractivity contribution in [3.05, 3.63) is 78.3 Å². The molecule has 1 aliphatic heterocycles. The van der Waals surface area contributed by atoms with Crippen molar-refractivity contribution in [2.75, 3.05) is 11.2 Å². The van der Waals surface area contributed by atoms with Crippen molar-refractivity contribution in [2.45, 2.75) is 19.5 Å². The Hall–Kier alpha value is -4.24. The molecule has 33 heavy (non-hydrogen) atoms. The van der Waals surface area contributed by atoms with Crippen LogP contribution < -0.4 is 16.6 Å². The summed E-state index contributed by atoms with van der Waals surface area (Å²) in [5.41, 5.74) is 18.8. The summed E-state index contributed by atoms with van der Waals surface area (Å²) < 4.78 is 16.3. The highest BCUT2D eigenvalue weighted by molar-refractivity contribution is 6.01. The first-order chi connectivity index (χ1) is 16.1. The number of nitrogens with one attached hydrogen (secondary N) is 3. The van der Waals surface area contributed by atoms with Crippen molar-refractivity contribution in [1.82, 2.24) is 29.9 Å². The molecule has 0 spiro atoms. The van der Waals surface area contributed by atoms with Crippen LogP contribution >= 0.6 is 0 Å². The Bertz CT molecular complexity index is 1500. The third-order valence-electron chi connectivity index (χ3n) is 6.15. The topological polar surface area (TPSA) is 109 Å². The van der Waals surface area contributed by atoms with E-state index in [4.69, 9.17) is 5.73 Å². The molecule has 0 saturated heterocycles. The molecular weight excluding hydrogens is 419 g/mol. The van der Waals surface area contributed by atoms with E-state index in [9.17, 15) is 4.39 Å². The van der Waals surface area contributed by atoms with Crippen LogP contribution in [-0.2, 0) is 6.54 Å². The van der Waals surface area contributed by atoms with E-state index in [1.807, 2.05) is 23.8 Å². The Kier molecular flexibility index (Phi) is 4.37. The molecule has 0 amide bonds. The Morgan fingerprint density at radius 1 is 1.09 bits per heavy atom. The number of halogens is 1. The number of aromatic amines is 1. The van der Waals surface area contributed by atoms with Crippen LogP contribution in [-0.4, -0.2) is 24.5 Å². The lowest BCUT2D eigenvalue weighted by Gasteiger charge is -2.13. The number of nitrogens with zero attached hydrogens (tertiary/aromatic N) is 4. The van der Waals surface area contributed by atoms with Crippen LogP contribution in [0.15, 0.2) is 61.2 Å². The number of nitrogen functional groups attached to an aromatic ring is 1. The molecule has 1 unspecified atom stereocenters. The van der Waals surface area contributed by atoms with Crippen molar-refractivity contribution in [2.24, 2.45) is 0 Å². The van der Waals surface area contributed by atoms with E-state index in [1.165, 1.54) is 18.0 Å². The summed E-state index contributed by atoms with van der Waals surface area (Å²) in [6, 6.07) is 12.7. The third-order valence-corrected chi connectivity index (χ3v) is 6.15. The van der Waals surface area contributed by atoms with Crippen LogP contribution in [0.1, 0.15) is 24.2 Å². The van der Waals surface area contributed by atoms with Gasteiger partial charge in [0.05, 0.1) is 34.6 Å². The van der Waals surface area contributed by atoms with Crippen molar-refractivity contribution in [1.29, 1.82) is 0 Å². The maximum atomic E-state index is 14.2. The van der Waals surface area contributed by atoms with Gasteiger partial charge in [-0.25, -0.2) is 24.8 Å². The molecule has 3 aromatic heterocycles. The molecule has 2 aromatic carbocycles. The lowest BCUT2D eigenvalue weighted by molar-refractivity contribution is 0.628. The fourth-order valence-corrected chi connectivity index (χ4v) is 4.37. The van der Waals surface area contributed by atoms with E-state index in [-0.39, 0.29) is 11.9 Å². The molecule has 0 radical (unpaired) electrons. The second-order valence-electron chi connectivity index (χ2n) is 8.10. The van der Waals surface area contributed by atoms with Gasteiger partial charge in [0, 0.05) is 18.3 Å². The Labute approximate surface area is 188 Å². The Morgan fingerprint density at radius 3 is 2.85 bits per heavy atom. The summed E-state index contributed by atoms with van der Waals surface area (Å²) in [6.07, 6.45) is 5.25. The lowest BCUT2D eigenvalue weighted by atomic mass is 10.0. The number of hydrogen-bond acceptors (Lipinski definition) is 6. The van der Waals surface area contributed by atoms with Crippen molar-refractivity contribution in [3.63, 3.8) is 0 Å². The van der Waals surface area contributed by atoms with Gasteiger partial charge in [-0.2, -0.15) is 0 Å². The fourth-order valence-electron chi connectivity index (χ4n) is 4.37. The second kappa shape index (κ2) is 7.42. The van der Waals surface area contributed by atoms with Gasteiger partial charge in [-0.3, -0.25) is 0 Å². The van der Waals surface area contributed by atoms with E-state index < -0.39 is 0 Å². The average Bonchev–Trinajstić information content (AvgIpc) is 3.57. The molecule has 4 heterocycles. The van der Waals surface area contributed by atoms with Gasteiger partial charge in [-0.05, 0) is 42.3 Å². The highest BCUT2D eigenvalue weighted by Crippen LogP contribution is 2.37. The number of aromatic nitrogens is 5. The van der Waals surface area contributed by atoms with Gasteiger partial charge >= 0.3 is 0 Å². The third kappa shape index (κ3) is 3.13. The highest BCUT2D eigenvalue weighted by atomic mass is 19.1. The number of imidazole rings is 1. The van der Waals surface area contributed by atoms with Crippen molar-refractivity contribution >= 4 is 22.5 Å². The van der Waals surface area contributed by atoms with E-state index >= 15 is 0 Å². The number of fused-ring (bicyclic) bond motifs is 2. The van der Waals surface area contributed by atoms with Gasteiger partial charge in [0.25, 0.3) is 0 Å². The van der Waals surface area contributed by atoms with Crippen LogP contribution in [0, 0.1) is 5.82 Å². The van der Waals surface area contributed by atoms with Gasteiger partial charge in [-0.15, -0.1) is 0 Å². The van der Waals surface area contributed by atoms with E-state index in [0.717, 1.165) is 40.1 Å². The lowest BCUT2D eigenvalue weighted by Crippen LogP contribution is -2.10. The molecule has 8 nitrogen and oxygen atoms in total. The molecular formula is C24H21FN8. The molecule has 9 heteroatoms. The standard InChI is InChI=1S/C24H21FN8/c1-13(20-10-27-23(31-20)16-4-2-3-5-18(16)25)33-11-17(21-22(26)28-12-29-24(21)33)14-6-7-19-15(8-14)9-30-32-19/h2-8,10-13,30,32H,9H2,1H3,(H,27,31)(H2,26,28,29). The van der Waals surface area contributed by atoms with Crippen molar-refractivity contribution < 1.29 is 4.39 Å². The molecule has 1 atom stereocenters. The minimum absolute atomic E-state index is 0.152. The number of nitrogens with two attached hydrogens (primary N) is 1. The number of rotatable bonds is 4. The summed E-state index contributed by atoms with van der Waals surface area (Å²) in [7, 11) is 0. The van der Waals surface area contributed by atoms with Gasteiger partial charge in [0.15, 0.2) is 0 Å². The molecule has 6 rings (SSSR count). The number of hydrogen-bond donors (Lipinski definition) is 4. The zero-order valence-corrected chi connectivity index (χ0v) is 17.8. The predicted molar refractivity (Wildman–Crippen MR) is 126 cm³/mol. The average molecular weight is 440 g/mol. The zero-order valence-electron chi connectivity index (χ0n) is 17.8. The van der Waals surface area contributed by atoms with Gasteiger partial charge < -0.3 is 20.7 Å². The summed E-state index contributed by atoms with van der Waals surface area (Å²) in [5, 5.41) is 0.803. The monoisotopic (exact) mass is 440 g/mol. The molecule has 0 saturated carbocycles. The summed E-state index contributed by atoms with van der Waals surface area (Å²) in [4.78, 5) is 16.5. The maximum absolute atomic E-state index is 14.2. The van der Waals surface area contributed by atoms with Crippen LogP contribution in [0.25, 0.3) is 33.5 Å². The SMILES string of the molecule is CC(c1cnc(-c2ccccc2F)[nH]1)n1cc(-c2ccc3c(c2)CNN3)c2c(N)ncnc21. The van der Waals surface area contributed by atoms with Crippen LogP contribution in [0.3, 0.4) is 0 Å². The number of anilines is 2. The molecule has 0 fully saturated rings. The normalized spacial score (nSPS) is 13.8. The Morgan fingerprint density at radius 2 is 1.97 bits per heavy atom. The van der Waals surface area contributed by atoms with E-state index in [1.54, 1.807) is 24.4 Å². The van der Waals surface area contributed by atoms with E-state index in [2.05, 4.69) is 42.9 Å². The second-order valence-corrected chi connectivity index (χ2v) is 8.10. The quantitative estimate of drug-likeness (QED) is 0.333. The van der Waals surface area contributed by atoms with Crippen molar-refractivity contribution in [3.8, 4) is 22.5 Å². The molecule has 1 aliphatic rings. The van der Waals surface area contributed by atoms with Gasteiger partial charge in [0.1, 0.15) is 29.4 Å². The van der Waals surface area contributed by atoms with E-state index in [0.29, 0.717) is 17.2 Å². The highest BCUT2D eigenvalue weighted by Gasteiger charge is 2.22. The smallest absolute Gasteiger partial charge is 0.146 e. The summed E-state index contributed by atoms with van der Waals surface area (Å²) in [5.74, 6) is 0.592. The van der Waals surface area contributed by atoms with Crippen LogP contribution in [0.5, 0.6) is 0 Å². The Balaban J connectivity index is 1.46. The van der Waals surface area contributed by atoms with Crippen LogP contribution in [0.4, 0.5) is 15.9 Å². The molecule has 5 N–H and O–H groups in total. The van der Waals surface area contributed by atoms with Gasteiger partial charge in [-0.1, -0.05) is 18.2 Å². The first-order valence-corrected chi connectivity index (χ1v) is 10.6. The largest absolute Gasteiger partial charge is 0.383 e. The first-order valence-electron chi connectivity index (χ1n) is 10.6. The minimum atomic E-state index is -0.319. The van der Waals surface area contributed by atoms with Crippen LogP contribution in [0.2, 0.25) is 0 Å². The van der Waals surface area contributed by atoms with Gasteiger partial charge in [0.2, 0.25) is 0 Å². The molecule has 164 valence electrons. The summed E-state index contributed by atoms with van der Waals surface area (Å²) in [6.45, 7) is 2.79. The molecule has 0 aliphatic carbocycles.